The molecule has 174 valence electrons. The number of fused-ring (bicyclic) bond motifs is 3. The molecule has 0 spiro atoms. The van der Waals surface area contributed by atoms with Crippen LogP contribution in [0.3, 0.4) is 0 Å². The van der Waals surface area contributed by atoms with E-state index < -0.39 is 6.09 Å². The largest absolute Gasteiger partial charge is 0.497 e. The fourth-order valence-corrected chi connectivity index (χ4v) is 4.64. The molecule has 1 aromatic heterocycles. The van der Waals surface area contributed by atoms with E-state index in [1.54, 1.807) is 36.3 Å². The van der Waals surface area contributed by atoms with E-state index in [-0.39, 0.29) is 6.04 Å². The Bertz CT molecular complexity index is 1320. The molecule has 1 unspecified atom stereocenters. The molecule has 2 heterocycles. The highest BCUT2D eigenvalue weighted by Gasteiger charge is 2.35. The third kappa shape index (κ3) is 4.17. The van der Waals surface area contributed by atoms with Crippen molar-refractivity contribution in [2.24, 2.45) is 0 Å². The number of rotatable bonds is 5. The molecule has 0 bridgehead atoms. The number of aromatic amines is 1. The summed E-state index contributed by atoms with van der Waals surface area (Å²) >= 11 is 5.98. The Morgan fingerprint density at radius 1 is 1.03 bits per heavy atom. The van der Waals surface area contributed by atoms with E-state index in [1.807, 2.05) is 43.3 Å². The maximum Gasteiger partial charge on any atom is 0.416 e. The molecular weight excluding hydrogens is 452 g/mol. The summed E-state index contributed by atoms with van der Waals surface area (Å²) in [7, 11) is 1.64. The monoisotopic (exact) mass is 476 g/mol. The summed E-state index contributed by atoms with van der Waals surface area (Å²) in [6.45, 7) is 3.10. The molecule has 1 amide bonds. The fraction of sp³-hybridized carbons (Fsp3) is 0.222. The zero-order valence-corrected chi connectivity index (χ0v) is 19.8. The molecule has 0 radical (unpaired) electrons. The van der Waals surface area contributed by atoms with Crippen LogP contribution in [0.1, 0.15) is 29.8 Å². The first-order valence-electron chi connectivity index (χ1n) is 11.2. The van der Waals surface area contributed by atoms with Gasteiger partial charge in [0.2, 0.25) is 0 Å². The number of ether oxygens (including phenoxy) is 3. The lowest BCUT2D eigenvalue weighted by atomic mass is 9.92. The number of benzene rings is 3. The number of methoxy groups -OCH3 is 1. The molecule has 7 heteroatoms. The number of nitrogens with one attached hydrogen (secondary N) is 1. The molecule has 1 aliphatic rings. The van der Waals surface area contributed by atoms with Gasteiger partial charge in [-0.3, -0.25) is 4.90 Å². The van der Waals surface area contributed by atoms with E-state index in [9.17, 15) is 4.79 Å². The number of amides is 1. The van der Waals surface area contributed by atoms with Crippen LogP contribution >= 0.6 is 11.6 Å². The van der Waals surface area contributed by atoms with Gasteiger partial charge in [-0.25, -0.2) is 4.79 Å². The van der Waals surface area contributed by atoms with Gasteiger partial charge in [-0.05, 0) is 79.1 Å². The van der Waals surface area contributed by atoms with Crippen LogP contribution in [0.4, 0.5) is 4.79 Å². The number of hydrogen-bond acceptors (Lipinski definition) is 4. The van der Waals surface area contributed by atoms with Crippen molar-refractivity contribution in [1.29, 1.82) is 0 Å². The highest BCUT2D eigenvalue weighted by Crippen LogP contribution is 2.40. The Hall–Kier alpha value is -3.64. The number of nitrogens with zero attached hydrogens (tertiary/aromatic N) is 1. The molecule has 5 rings (SSSR count). The maximum absolute atomic E-state index is 13.3. The topological polar surface area (TPSA) is 63.8 Å². The quantitative estimate of drug-likeness (QED) is 0.363. The fourth-order valence-electron chi connectivity index (χ4n) is 4.52. The molecular formula is C27H25ClN2O4. The minimum atomic E-state index is -0.414. The van der Waals surface area contributed by atoms with Gasteiger partial charge in [0.1, 0.15) is 23.3 Å². The first-order valence-corrected chi connectivity index (χ1v) is 11.6. The van der Waals surface area contributed by atoms with Gasteiger partial charge in [-0.2, -0.15) is 0 Å². The van der Waals surface area contributed by atoms with E-state index in [4.69, 9.17) is 25.8 Å². The highest BCUT2D eigenvalue weighted by molar-refractivity contribution is 6.30. The zero-order chi connectivity index (χ0) is 23.7. The van der Waals surface area contributed by atoms with Crippen LogP contribution in [0.15, 0.2) is 66.7 Å². The van der Waals surface area contributed by atoms with Crippen molar-refractivity contribution in [3.63, 3.8) is 0 Å². The molecule has 4 aromatic rings. The zero-order valence-electron chi connectivity index (χ0n) is 19.0. The second-order valence-electron chi connectivity index (χ2n) is 8.10. The summed E-state index contributed by atoms with van der Waals surface area (Å²) in [5.74, 6) is 2.04. The van der Waals surface area contributed by atoms with Gasteiger partial charge >= 0.3 is 6.09 Å². The number of aromatic nitrogens is 1. The van der Waals surface area contributed by atoms with Crippen LogP contribution in [-0.2, 0) is 6.42 Å². The molecule has 0 aliphatic carbocycles. The van der Waals surface area contributed by atoms with E-state index in [0.717, 1.165) is 33.7 Å². The van der Waals surface area contributed by atoms with Gasteiger partial charge in [0.25, 0.3) is 0 Å². The van der Waals surface area contributed by atoms with Gasteiger partial charge in [0, 0.05) is 28.2 Å². The van der Waals surface area contributed by atoms with Crippen LogP contribution in [0.25, 0.3) is 10.9 Å². The van der Waals surface area contributed by atoms with Crippen LogP contribution in [0.5, 0.6) is 17.2 Å². The van der Waals surface area contributed by atoms with Gasteiger partial charge in [0.15, 0.2) is 0 Å². The smallest absolute Gasteiger partial charge is 0.416 e. The Labute approximate surface area is 203 Å². The van der Waals surface area contributed by atoms with Crippen molar-refractivity contribution >= 4 is 28.6 Å². The third-order valence-corrected chi connectivity index (χ3v) is 6.35. The van der Waals surface area contributed by atoms with Crippen LogP contribution in [0.2, 0.25) is 5.02 Å². The van der Waals surface area contributed by atoms with Crippen LogP contribution < -0.4 is 14.2 Å². The molecule has 3 aromatic carbocycles. The number of carbonyl (C=O) groups is 1. The van der Waals surface area contributed by atoms with Crippen molar-refractivity contribution < 1.29 is 19.0 Å². The summed E-state index contributed by atoms with van der Waals surface area (Å²) in [5.41, 5.74) is 4.15. The van der Waals surface area contributed by atoms with Gasteiger partial charge in [-0.1, -0.05) is 23.7 Å². The maximum atomic E-state index is 13.3. The van der Waals surface area contributed by atoms with Crippen LogP contribution in [0, 0.1) is 0 Å². The predicted molar refractivity (Wildman–Crippen MR) is 132 cm³/mol. The molecule has 1 aliphatic heterocycles. The summed E-state index contributed by atoms with van der Waals surface area (Å²) in [6.07, 6.45) is 0.287. The Morgan fingerprint density at radius 2 is 1.74 bits per heavy atom. The third-order valence-electron chi connectivity index (χ3n) is 6.09. The lowest BCUT2D eigenvalue weighted by molar-refractivity contribution is 0.135. The Kier molecular flexibility index (Phi) is 6.07. The number of hydrogen-bond donors (Lipinski definition) is 1. The van der Waals surface area contributed by atoms with Crippen molar-refractivity contribution in [3.05, 3.63) is 88.6 Å². The van der Waals surface area contributed by atoms with Crippen molar-refractivity contribution in [3.8, 4) is 17.2 Å². The van der Waals surface area contributed by atoms with E-state index in [0.29, 0.717) is 30.3 Å². The minimum absolute atomic E-state index is 0.336. The first-order chi connectivity index (χ1) is 16.6. The van der Waals surface area contributed by atoms with E-state index in [1.165, 1.54) is 5.56 Å². The summed E-state index contributed by atoms with van der Waals surface area (Å²) < 4.78 is 16.8. The van der Waals surface area contributed by atoms with Gasteiger partial charge in [0.05, 0.1) is 13.7 Å². The second-order valence-corrected chi connectivity index (χ2v) is 8.54. The summed E-state index contributed by atoms with van der Waals surface area (Å²) in [5, 5.41) is 1.70. The summed E-state index contributed by atoms with van der Waals surface area (Å²) in [4.78, 5) is 18.7. The first kappa shape index (κ1) is 22.2. The lowest BCUT2D eigenvalue weighted by Gasteiger charge is -2.35. The Balaban J connectivity index is 1.56. The molecule has 0 saturated carbocycles. The molecule has 6 nitrogen and oxygen atoms in total. The lowest BCUT2D eigenvalue weighted by Crippen LogP contribution is -2.42. The van der Waals surface area contributed by atoms with Crippen LogP contribution in [-0.4, -0.2) is 36.2 Å². The predicted octanol–water partition coefficient (Wildman–Crippen LogP) is 6.38. The number of H-pyrrole nitrogens is 1. The number of halogens is 1. The van der Waals surface area contributed by atoms with Crippen molar-refractivity contribution in [2.45, 2.75) is 19.4 Å². The molecule has 1 atom stereocenters. The SMILES string of the molecule is CCOc1ccc2[nH]c3c(c2c1)CCN(C(=O)Oc1ccc(Cl)cc1)C3c1ccc(OC)cc1. The van der Waals surface area contributed by atoms with Gasteiger partial charge in [-0.15, -0.1) is 0 Å². The van der Waals surface area contributed by atoms with Crippen molar-refractivity contribution in [1.82, 2.24) is 9.88 Å². The second kappa shape index (κ2) is 9.31. The van der Waals surface area contributed by atoms with E-state index in [2.05, 4.69) is 11.1 Å². The molecule has 1 N–H and O–H groups in total. The number of carbonyl (C=O) groups excluding carboxylic acids is 1. The molecule has 0 fully saturated rings. The summed E-state index contributed by atoms with van der Waals surface area (Å²) in [6, 6.07) is 20.3. The average Bonchev–Trinajstić information content (AvgIpc) is 3.23. The van der Waals surface area contributed by atoms with Crippen molar-refractivity contribution in [2.75, 3.05) is 20.3 Å². The highest BCUT2D eigenvalue weighted by atomic mass is 35.5. The Morgan fingerprint density at radius 3 is 2.44 bits per heavy atom. The van der Waals surface area contributed by atoms with Gasteiger partial charge < -0.3 is 19.2 Å². The van der Waals surface area contributed by atoms with E-state index >= 15 is 0 Å². The molecule has 0 saturated heterocycles. The standard InChI is InChI=1S/C27H25ClN2O4/c1-3-33-21-12-13-24-23(16-21)22-14-15-30(27(31)34-20-10-6-18(28)7-11-20)26(25(22)29-24)17-4-8-19(32-2)9-5-17/h4-13,16,26,29H,3,14-15H2,1-2H3. The normalized spacial score (nSPS) is 15.1. The minimum Gasteiger partial charge on any atom is -0.497 e. The molecule has 34 heavy (non-hydrogen) atoms. The average molecular weight is 477 g/mol.